The van der Waals surface area contributed by atoms with Gasteiger partial charge in [-0.3, -0.25) is 38.4 Å². The number of carbonyl (C=O) groups excluding carboxylic acids is 3. The summed E-state index contributed by atoms with van der Waals surface area (Å²) < 4.78 is 0. The van der Waals surface area contributed by atoms with Gasteiger partial charge in [-0.2, -0.15) is 0 Å². The zero-order valence-corrected chi connectivity index (χ0v) is 21.4. The molecule has 240 valence electrons. The number of aliphatic carboxylic acids is 5. The molecule has 41 heavy (non-hydrogen) atoms. The van der Waals surface area contributed by atoms with Crippen LogP contribution in [0.4, 0.5) is 0 Å². The average molecular weight is 607 g/mol. The number of carbonyl (C=O) groups is 8. The minimum atomic E-state index is -1.21. The van der Waals surface area contributed by atoms with E-state index in [-0.39, 0.29) is 19.3 Å². The smallest absolute Gasteiger partial charge is 0.322 e. The number of amides is 3. The predicted octanol–water partition coefficient (Wildman–Crippen LogP) is -8.40. The van der Waals surface area contributed by atoms with Gasteiger partial charge < -0.3 is 81.6 Å². The molecule has 0 aromatic carbocycles. The van der Waals surface area contributed by atoms with Crippen molar-refractivity contribution in [2.24, 2.45) is 45.9 Å². The van der Waals surface area contributed by atoms with Gasteiger partial charge >= 0.3 is 29.8 Å². The van der Waals surface area contributed by atoms with Crippen molar-refractivity contribution in [3.63, 3.8) is 0 Å². The molecule has 0 fully saturated rings. The van der Waals surface area contributed by atoms with Gasteiger partial charge in [0.2, 0.25) is 17.7 Å². The van der Waals surface area contributed by atoms with E-state index in [1.54, 1.807) is 0 Å². The molecule has 0 saturated carbocycles. The second-order valence-electron chi connectivity index (χ2n) is 7.10. The Balaban J connectivity index is -0.000000132. The highest BCUT2D eigenvalue weighted by atomic mass is 16.4. The van der Waals surface area contributed by atoms with Gasteiger partial charge in [-0.15, -0.1) is 0 Å². The van der Waals surface area contributed by atoms with Gasteiger partial charge in [0.15, 0.2) is 0 Å². The van der Waals surface area contributed by atoms with Crippen LogP contribution in [-0.4, -0.2) is 127 Å². The number of carboxylic acids is 5. The number of aliphatic hydroxyl groups is 2. The normalized spacial score (nSPS) is 12.9. The van der Waals surface area contributed by atoms with Gasteiger partial charge in [-0.25, -0.2) is 0 Å². The summed E-state index contributed by atoms with van der Waals surface area (Å²) >= 11 is 0. The molecule has 0 rings (SSSR count). The molecule has 0 aliphatic rings. The molecule has 0 radical (unpaired) electrons. The standard InChI is InChI=1S/3C4H8N2O3.2C3H7NO3/c3*5-2(4(8)9)1-3(6)7;2*4-2(1-5)3(6)7/h3*2H,1,5H2,(H2,6,7)(H,8,9);2*2,5H,1,4H2,(H,6,7). The summed E-state index contributed by atoms with van der Waals surface area (Å²) in [6, 6.07) is -5.74. The van der Waals surface area contributed by atoms with Gasteiger partial charge in [0.25, 0.3) is 0 Å². The lowest BCUT2D eigenvalue weighted by Crippen LogP contribution is -2.34. The monoisotopic (exact) mass is 606 g/mol. The first-order valence-electron chi connectivity index (χ1n) is 10.5. The van der Waals surface area contributed by atoms with Crippen molar-refractivity contribution in [3.8, 4) is 0 Å². The number of nitrogens with two attached hydrogens (primary N) is 8. The minimum Gasteiger partial charge on any atom is -0.480 e. The van der Waals surface area contributed by atoms with Crippen LogP contribution >= 0.6 is 0 Å². The van der Waals surface area contributed by atoms with E-state index in [1.165, 1.54) is 0 Å². The third-order valence-corrected chi connectivity index (χ3v) is 3.24. The molecule has 0 aliphatic heterocycles. The number of rotatable bonds is 13. The summed E-state index contributed by atoms with van der Waals surface area (Å²) in [6.07, 6.45) is -0.931. The van der Waals surface area contributed by atoms with E-state index in [0.717, 1.165) is 0 Å². The van der Waals surface area contributed by atoms with E-state index in [2.05, 4.69) is 17.2 Å². The Kier molecular flexibility index (Phi) is 30.6. The first-order chi connectivity index (χ1) is 18.5. The average Bonchev–Trinajstić information content (AvgIpc) is 2.82. The first-order valence-corrected chi connectivity index (χ1v) is 10.5. The van der Waals surface area contributed by atoms with E-state index in [0.29, 0.717) is 0 Å². The maximum absolute atomic E-state index is 9.99. The van der Waals surface area contributed by atoms with Crippen molar-refractivity contribution >= 4 is 47.6 Å². The molecule has 23 nitrogen and oxygen atoms in total. The van der Waals surface area contributed by atoms with Crippen LogP contribution in [0, 0.1) is 0 Å². The lowest BCUT2D eigenvalue weighted by molar-refractivity contribution is -0.140. The highest BCUT2D eigenvalue weighted by Gasteiger charge is 2.14. The van der Waals surface area contributed by atoms with E-state index in [9.17, 15) is 38.4 Å². The molecular formula is C18H38N8O15. The molecule has 0 aromatic rings. The maximum atomic E-state index is 9.99. The molecule has 0 saturated heterocycles. The number of aliphatic hydroxyl groups excluding tert-OH is 2. The molecule has 0 bridgehead atoms. The fourth-order valence-electron chi connectivity index (χ4n) is 1.07. The van der Waals surface area contributed by atoms with Crippen LogP contribution in [0.3, 0.4) is 0 Å². The van der Waals surface area contributed by atoms with Crippen molar-refractivity contribution in [2.45, 2.75) is 49.5 Å². The van der Waals surface area contributed by atoms with Crippen molar-refractivity contribution in [2.75, 3.05) is 13.2 Å². The Labute approximate surface area is 231 Å². The Bertz CT molecular complexity index is 762. The molecule has 23 N–H and O–H groups in total. The quantitative estimate of drug-likeness (QED) is 0.0924. The van der Waals surface area contributed by atoms with E-state index >= 15 is 0 Å². The third-order valence-electron chi connectivity index (χ3n) is 3.24. The number of hydrogen-bond donors (Lipinski definition) is 15. The zero-order chi connectivity index (χ0) is 34.0. The van der Waals surface area contributed by atoms with Crippen molar-refractivity contribution in [3.05, 3.63) is 0 Å². The summed E-state index contributed by atoms with van der Waals surface area (Å²) in [5.41, 5.74) is 38.2. The van der Waals surface area contributed by atoms with E-state index < -0.39 is 91.0 Å². The molecule has 0 aromatic heterocycles. The second-order valence-corrected chi connectivity index (χ2v) is 7.10. The van der Waals surface area contributed by atoms with Crippen LogP contribution in [-0.2, 0) is 38.4 Å². The van der Waals surface area contributed by atoms with Crippen molar-refractivity contribution in [1.82, 2.24) is 0 Å². The van der Waals surface area contributed by atoms with Crippen LogP contribution in [0.2, 0.25) is 0 Å². The molecule has 0 spiro atoms. The van der Waals surface area contributed by atoms with Gasteiger partial charge in [0, 0.05) is 0 Å². The highest BCUT2D eigenvalue weighted by molar-refractivity contribution is 5.84. The molecule has 23 heteroatoms. The third kappa shape index (κ3) is 40.1. The fourth-order valence-corrected chi connectivity index (χ4v) is 1.07. The zero-order valence-electron chi connectivity index (χ0n) is 21.4. The largest absolute Gasteiger partial charge is 0.480 e. The number of primary amides is 3. The van der Waals surface area contributed by atoms with Gasteiger partial charge in [0.1, 0.15) is 30.2 Å². The Hall–Kier alpha value is -4.52. The van der Waals surface area contributed by atoms with E-state index in [4.69, 9.17) is 64.4 Å². The van der Waals surface area contributed by atoms with Crippen LogP contribution in [0.25, 0.3) is 0 Å². The fraction of sp³-hybridized carbons (Fsp3) is 0.556. The summed E-state index contributed by atoms with van der Waals surface area (Å²) in [4.78, 5) is 79.0. The van der Waals surface area contributed by atoms with Crippen molar-refractivity contribution in [1.29, 1.82) is 0 Å². The van der Waals surface area contributed by atoms with Gasteiger partial charge in [-0.1, -0.05) is 0 Å². The van der Waals surface area contributed by atoms with Crippen molar-refractivity contribution < 1.29 is 74.1 Å². The summed E-state index contributed by atoms with van der Waals surface area (Å²) in [7, 11) is 0. The lowest BCUT2D eigenvalue weighted by atomic mass is 10.2. The second kappa shape index (κ2) is 27.1. The number of carboxylic acid groups (broad SMARTS) is 5. The molecule has 0 heterocycles. The summed E-state index contributed by atoms with van der Waals surface area (Å²) in [6.45, 7) is -1.01. The Morgan fingerprint density at radius 1 is 0.390 bits per heavy atom. The van der Waals surface area contributed by atoms with Gasteiger partial charge in [-0.05, 0) is 0 Å². The Morgan fingerprint density at radius 2 is 0.537 bits per heavy atom. The summed E-state index contributed by atoms with van der Waals surface area (Å²) in [5.74, 6) is -8.11. The molecule has 0 aliphatic carbocycles. The summed E-state index contributed by atoms with van der Waals surface area (Å²) in [5, 5.41) is 56.1. The first kappa shape index (κ1) is 46.3. The highest BCUT2D eigenvalue weighted by Crippen LogP contribution is 1.85. The number of hydrogen-bond acceptors (Lipinski definition) is 15. The lowest BCUT2D eigenvalue weighted by Gasteiger charge is -1.99. The predicted molar refractivity (Wildman–Crippen MR) is 134 cm³/mol. The van der Waals surface area contributed by atoms with Crippen LogP contribution in [0.1, 0.15) is 19.3 Å². The maximum Gasteiger partial charge on any atom is 0.322 e. The molecule has 5 atom stereocenters. The van der Waals surface area contributed by atoms with Crippen LogP contribution in [0.5, 0.6) is 0 Å². The SMILES string of the molecule is NC(=O)CC(N)C(=O)O.NC(=O)CC(N)C(=O)O.NC(=O)CC(N)C(=O)O.NC(CO)C(=O)O.NC(CO)C(=O)O. The molecular weight excluding hydrogens is 568 g/mol. The molecule has 3 amide bonds. The topological polar surface area (TPSA) is 486 Å². The van der Waals surface area contributed by atoms with Crippen LogP contribution < -0.4 is 45.9 Å². The molecule has 5 unspecified atom stereocenters. The minimum absolute atomic E-state index is 0.310. The van der Waals surface area contributed by atoms with Crippen LogP contribution in [0.15, 0.2) is 0 Å². The Morgan fingerprint density at radius 3 is 0.561 bits per heavy atom. The van der Waals surface area contributed by atoms with E-state index in [1.807, 2.05) is 0 Å². The van der Waals surface area contributed by atoms with Gasteiger partial charge in [0.05, 0.1) is 32.5 Å².